The Kier molecular flexibility index (Phi) is 3.49. The summed E-state index contributed by atoms with van der Waals surface area (Å²) in [6.07, 6.45) is -2.83. The third-order valence-electron chi connectivity index (χ3n) is 2.70. The molecule has 14 heavy (non-hydrogen) atoms. The second-order valence-corrected chi connectivity index (χ2v) is 3.77. The molecule has 0 spiro atoms. The Morgan fingerprint density at radius 3 is 2.29 bits per heavy atom. The summed E-state index contributed by atoms with van der Waals surface area (Å²) in [6.45, 7) is 3.19. The van der Waals surface area contributed by atoms with Crippen LogP contribution in [0.25, 0.3) is 0 Å². The average molecular weight is 206 g/mol. The Labute approximate surface area is 83.6 Å². The van der Waals surface area contributed by atoms with E-state index in [2.05, 4.69) is 0 Å². The predicted octanol–water partition coefficient (Wildman–Crippen LogP) is -0.496. The number of hydrogen-bond acceptors (Lipinski definition) is 5. The summed E-state index contributed by atoms with van der Waals surface area (Å²) in [6, 6.07) is 0. The van der Waals surface area contributed by atoms with Crippen LogP contribution >= 0.6 is 0 Å². The minimum Gasteiger partial charge on any atom is -0.387 e. The highest BCUT2D eigenvalue weighted by atomic mass is 16.7. The van der Waals surface area contributed by atoms with Crippen LogP contribution in [-0.4, -0.2) is 54.6 Å². The number of hydrogen-bond donors (Lipinski definition) is 2. The van der Waals surface area contributed by atoms with Gasteiger partial charge in [-0.1, -0.05) is 0 Å². The lowest BCUT2D eigenvalue weighted by atomic mass is 9.86. The lowest BCUT2D eigenvalue weighted by molar-refractivity contribution is -0.320. The highest BCUT2D eigenvalue weighted by Gasteiger charge is 2.51. The fraction of sp³-hybridized carbons (Fsp3) is 1.00. The molecule has 5 nitrogen and oxygen atoms in total. The van der Waals surface area contributed by atoms with Crippen molar-refractivity contribution in [2.75, 3.05) is 14.2 Å². The predicted molar refractivity (Wildman–Crippen MR) is 48.8 cm³/mol. The van der Waals surface area contributed by atoms with Gasteiger partial charge in [-0.25, -0.2) is 0 Å². The van der Waals surface area contributed by atoms with Crippen molar-refractivity contribution < 1.29 is 24.4 Å². The molecule has 0 aromatic carbocycles. The third kappa shape index (κ3) is 1.78. The fourth-order valence-corrected chi connectivity index (χ4v) is 1.81. The molecule has 0 aliphatic carbocycles. The first-order valence-electron chi connectivity index (χ1n) is 4.56. The summed E-state index contributed by atoms with van der Waals surface area (Å²) < 4.78 is 15.4. The molecule has 0 unspecified atom stereocenters. The van der Waals surface area contributed by atoms with Crippen LogP contribution in [-0.2, 0) is 14.2 Å². The van der Waals surface area contributed by atoms with Crippen molar-refractivity contribution >= 4 is 0 Å². The van der Waals surface area contributed by atoms with E-state index in [0.29, 0.717) is 0 Å². The van der Waals surface area contributed by atoms with Crippen LogP contribution in [0.2, 0.25) is 0 Å². The van der Waals surface area contributed by atoms with Crippen molar-refractivity contribution in [3.8, 4) is 0 Å². The maximum absolute atomic E-state index is 10.0. The highest BCUT2D eigenvalue weighted by molar-refractivity contribution is 4.98. The standard InChI is InChI=1S/C9H18O5/c1-5-6(10)9(2,11)7(12-3)8(13-4)14-5/h5-8,10-11H,1-4H3/t5-,6+,7-,8+,9+/m1/s1. The number of methoxy groups -OCH3 is 2. The van der Waals surface area contributed by atoms with Gasteiger partial charge in [0.2, 0.25) is 0 Å². The van der Waals surface area contributed by atoms with Crippen molar-refractivity contribution in [1.82, 2.24) is 0 Å². The second-order valence-electron chi connectivity index (χ2n) is 3.77. The topological polar surface area (TPSA) is 68.2 Å². The maximum atomic E-state index is 10.0. The van der Waals surface area contributed by atoms with Crippen LogP contribution in [0.1, 0.15) is 13.8 Å². The molecule has 1 heterocycles. The van der Waals surface area contributed by atoms with E-state index in [1.54, 1.807) is 6.92 Å². The summed E-state index contributed by atoms with van der Waals surface area (Å²) in [4.78, 5) is 0. The van der Waals surface area contributed by atoms with E-state index in [0.717, 1.165) is 0 Å². The number of aliphatic hydroxyl groups is 2. The molecular formula is C9H18O5. The molecule has 5 atom stereocenters. The summed E-state index contributed by atoms with van der Waals surface area (Å²) in [5.74, 6) is 0. The molecule has 1 rings (SSSR count). The summed E-state index contributed by atoms with van der Waals surface area (Å²) in [7, 11) is 2.91. The van der Waals surface area contributed by atoms with Crippen molar-refractivity contribution in [2.24, 2.45) is 0 Å². The highest BCUT2D eigenvalue weighted by Crippen LogP contribution is 2.31. The van der Waals surface area contributed by atoms with Crippen LogP contribution in [0, 0.1) is 0 Å². The van der Waals surface area contributed by atoms with Gasteiger partial charge >= 0.3 is 0 Å². The molecule has 0 aromatic heterocycles. The minimum atomic E-state index is -1.37. The van der Waals surface area contributed by atoms with Gasteiger partial charge in [0.15, 0.2) is 6.29 Å². The Balaban J connectivity index is 2.88. The van der Waals surface area contributed by atoms with Gasteiger partial charge in [0, 0.05) is 14.2 Å². The first-order valence-corrected chi connectivity index (χ1v) is 4.56. The van der Waals surface area contributed by atoms with Crippen LogP contribution in [0.15, 0.2) is 0 Å². The van der Waals surface area contributed by atoms with Crippen molar-refractivity contribution in [3.05, 3.63) is 0 Å². The van der Waals surface area contributed by atoms with Gasteiger partial charge < -0.3 is 24.4 Å². The fourth-order valence-electron chi connectivity index (χ4n) is 1.81. The maximum Gasteiger partial charge on any atom is 0.186 e. The number of aliphatic hydroxyl groups excluding tert-OH is 1. The molecule has 5 heteroatoms. The lowest BCUT2D eigenvalue weighted by Crippen LogP contribution is -2.65. The summed E-state index contributed by atoms with van der Waals surface area (Å²) in [5.41, 5.74) is -1.37. The van der Waals surface area contributed by atoms with E-state index in [4.69, 9.17) is 14.2 Å². The largest absolute Gasteiger partial charge is 0.387 e. The first-order chi connectivity index (χ1) is 6.45. The Morgan fingerprint density at radius 1 is 1.29 bits per heavy atom. The van der Waals surface area contributed by atoms with Crippen molar-refractivity contribution in [3.63, 3.8) is 0 Å². The van der Waals surface area contributed by atoms with Gasteiger partial charge in [-0.3, -0.25) is 0 Å². The lowest BCUT2D eigenvalue weighted by Gasteiger charge is -2.46. The minimum absolute atomic E-state index is 0.485. The van der Waals surface area contributed by atoms with E-state index in [1.165, 1.54) is 21.1 Å². The van der Waals surface area contributed by atoms with E-state index in [9.17, 15) is 10.2 Å². The molecule has 1 saturated heterocycles. The van der Waals surface area contributed by atoms with Gasteiger partial charge in [-0.15, -0.1) is 0 Å². The first kappa shape index (κ1) is 11.9. The molecule has 0 amide bonds. The quantitative estimate of drug-likeness (QED) is 0.638. The smallest absolute Gasteiger partial charge is 0.186 e. The zero-order valence-corrected chi connectivity index (χ0v) is 8.93. The van der Waals surface area contributed by atoms with E-state index < -0.39 is 30.2 Å². The van der Waals surface area contributed by atoms with Crippen LogP contribution in [0.5, 0.6) is 0 Å². The van der Waals surface area contributed by atoms with E-state index in [-0.39, 0.29) is 0 Å². The van der Waals surface area contributed by atoms with Crippen LogP contribution in [0.4, 0.5) is 0 Å². The van der Waals surface area contributed by atoms with E-state index >= 15 is 0 Å². The summed E-state index contributed by atoms with van der Waals surface area (Å²) in [5, 5.41) is 19.7. The molecule has 1 aliphatic heterocycles. The second kappa shape index (κ2) is 4.12. The van der Waals surface area contributed by atoms with Gasteiger partial charge in [0.05, 0.1) is 6.10 Å². The molecule has 2 N–H and O–H groups in total. The van der Waals surface area contributed by atoms with Gasteiger partial charge in [0.1, 0.15) is 17.8 Å². The van der Waals surface area contributed by atoms with Gasteiger partial charge in [-0.2, -0.15) is 0 Å². The molecule has 0 radical (unpaired) electrons. The average Bonchev–Trinajstić information content (AvgIpc) is 2.13. The zero-order valence-electron chi connectivity index (χ0n) is 8.93. The normalized spacial score (nSPS) is 49.3. The molecule has 1 fully saturated rings. The Morgan fingerprint density at radius 2 is 1.86 bits per heavy atom. The number of rotatable bonds is 2. The summed E-state index contributed by atoms with van der Waals surface area (Å²) >= 11 is 0. The zero-order chi connectivity index (χ0) is 10.9. The molecule has 1 aliphatic rings. The Hall–Kier alpha value is -0.200. The van der Waals surface area contributed by atoms with Gasteiger partial charge in [0.25, 0.3) is 0 Å². The molecule has 0 bridgehead atoms. The number of ether oxygens (including phenoxy) is 3. The Bertz CT molecular complexity index is 194. The molecule has 0 aromatic rings. The molecule has 84 valence electrons. The SMILES string of the molecule is CO[C@H]1O[C@H](C)[C@H](O)[C@](C)(O)[C@@H]1OC. The van der Waals surface area contributed by atoms with Crippen LogP contribution in [0.3, 0.4) is 0 Å². The van der Waals surface area contributed by atoms with Crippen LogP contribution < -0.4 is 0 Å². The van der Waals surface area contributed by atoms with Gasteiger partial charge in [-0.05, 0) is 13.8 Å². The van der Waals surface area contributed by atoms with Crippen molar-refractivity contribution in [1.29, 1.82) is 0 Å². The van der Waals surface area contributed by atoms with E-state index in [1.807, 2.05) is 0 Å². The molecular weight excluding hydrogens is 188 g/mol. The molecule has 0 saturated carbocycles. The third-order valence-corrected chi connectivity index (χ3v) is 2.70. The monoisotopic (exact) mass is 206 g/mol. The van der Waals surface area contributed by atoms with Crippen molar-refractivity contribution in [2.45, 2.75) is 44.1 Å².